The summed E-state index contributed by atoms with van der Waals surface area (Å²) in [5.41, 5.74) is 2.97. The van der Waals surface area contributed by atoms with E-state index < -0.39 is 12.1 Å². The van der Waals surface area contributed by atoms with Crippen LogP contribution in [0.4, 0.5) is 4.39 Å². The lowest BCUT2D eigenvalue weighted by molar-refractivity contribution is -0.146. The van der Waals surface area contributed by atoms with Gasteiger partial charge in [0.2, 0.25) is 5.91 Å². The molecular weight excluding hydrogens is 379 g/mol. The molecule has 150 valence electrons. The molecule has 3 atom stereocenters. The molecule has 0 aromatic heterocycles. The van der Waals surface area contributed by atoms with Crippen LogP contribution in [-0.2, 0) is 11.2 Å². The van der Waals surface area contributed by atoms with E-state index >= 15 is 0 Å². The quantitative estimate of drug-likeness (QED) is 0.706. The van der Waals surface area contributed by atoms with Crippen LogP contribution in [0.3, 0.4) is 0 Å². The Labute approximate surface area is 174 Å². The lowest BCUT2D eigenvalue weighted by Crippen LogP contribution is -2.65. The topological polar surface area (TPSA) is 64.3 Å². The molecular formula is C25H21FN2O2. The summed E-state index contributed by atoms with van der Waals surface area (Å²) in [6, 6.07) is 24.3. The number of nitriles is 1. The third kappa shape index (κ3) is 3.58. The molecule has 1 heterocycles. The van der Waals surface area contributed by atoms with Gasteiger partial charge in [-0.3, -0.25) is 4.79 Å². The van der Waals surface area contributed by atoms with Gasteiger partial charge in [-0.25, -0.2) is 4.39 Å². The molecule has 0 aliphatic carbocycles. The van der Waals surface area contributed by atoms with Gasteiger partial charge in [0.1, 0.15) is 11.9 Å². The van der Waals surface area contributed by atoms with E-state index in [0.29, 0.717) is 5.56 Å². The van der Waals surface area contributed by atoms with E-state index in [1.807, 2.05) is 54.6 Å². The van der Waals surface area contributed by atoms with Gasteiger partial charge in [-0.1, -0.05) is 72.8 Å². The van der Waals surface area contributed by atoms with Crippen molar-refractivity contribution in [3.8, 4) is 17.2 Å². The number of hydrogen-bond donors (Lipinski definition) is 1. The fraction of sp³-hybridized carbons (Fsp3) is 0.200. The smallest absolute Gasteiger partial charge is 0.228 e. The maximum Gasteiger partial charge on any atom is 0.228 e. The number of carbonyl (C=O) groups is 1. The van der Waals surface area contributed by atoms with Crippen molar-refractivity contribution in [1.82, 2.24) is 4.90 Å². The molecule has 3 aromatic carbocycles. The van der Waals surface area contributed by atoms with Crippen LogP contribution in [0.2, 0.25) is 0 Å². The molecule has 1 saturated heterocycles. The third-order valence-electron chi connectivity index (χ3n) is 5.70. The number of carbonyl (C=O) groups excluding carboxylic acids is 1. The van der Waals surface area contributed by atoms with Crippen molar-refractivity contribution in [3.05, 3.63) is 95.8 Å². The van der Waals surface area contributed by atoms with Gasteiger partial charge in [-0.05, 0) is 22.8 Å². The Morgan fingerprint density at radius 1 is 1.00 bits per heavy atom. The van der Waals surface area contributed by atoms with E-state index in [2.05, 4.69) is 6.07 Å². The number of aliphatic hydroxyl groups excluding tert-OH is 1. The summed E-state index contributed by atoms with van der Waals surface area (Å²) in [6.45, 7) is -0.224. The van der Waals surface area contributed by atoms with Crippen LogP contribution in [0.15, 0.2) is 78.9 Å². The summed E-state index contributed by atoms with van der Waals surface area (Å²) >= 11 is 0. The first-order valence-electron chi connectivity index (χ1n) is 9.84. The van der Waals surface area contributed by atoms with Gasteiger partial charge in [0.05, 0.1) is 25.1 Å². The molecule has 1 aliphatic heterocycles. The zero-order valence-electron chi connectivity index (χ0n) is 16.3. The van der Waals surface area contributed by atoms with Crippen LogP contribution in [0.25, 0.3) is 11.1 Å². The minimum Gasteiger partial charge on any atom is -0.394 e. The summed E-state index contributed by atoms with van der Waals surface area (Å²) in [4.78, 5) is 14.3. The predicted molar refractivity (Wildman–Crippen MR) is 112 cm³/mol. The van der Waals surface area contributed by atoms with E-state index in [9.17, 15) is 19.6 Å². The van der Waals surface area contributed by atoms with Gasteiger partial charge in [0.25, 0.3) is 0 Å². The van der Waals surface area contributed by atoms with E-state index in [-0.39, 0.29) is 30.7 Å². The first kappa shape index (κ1) is 19.8. The molecule has 1 aliphatic rings. The summed E-state index contributed by atoms with van der Waals surface area (Å²) in [6.07, 6.45) is 0.189. The second-order valence-electron chi connectivity index (χ2n) is 7.41. The minimum absolute atomic E-state index is 0.175. The Kier molecular flexibility index (Phi) is 5.60. The van der Waals surface area contributed by atoms with Crippen molar-refractivity contribution >= 4 is 5.91 Å². The molecule has 1 N–H and O–H groups in total. The van der Waals surface area contributed by atoms with Crippen LogP contribution in [-0.4, -0.2) is 34.6 Å². The normalized spacial score (nSPS) is 20.3. The Morgan fingerprint density at radius 2 is 1.67 bits per heavy atom. The summed E-state index contributed by atoms with van der Waals surface area (Å²) < 4.78 is 14.0. The van der Waals surface area contributed by atoms with Crippen LogP contribution in [0.5, 0.6) is 0 Å². The molecule has 1 amide bonds. The van der Waals surface area contributed by atoms with Gasteiger partial charge < -0.3 is 10.0 Å². The van der Waals surface area contributed by atoms with Crippen LogP contribution >= 0.6 is 0 Å². The average Bonchev–Trinajstić information content (AvgIpc) is 2.75. The highest BCUT2D eigenvalue weighted by molar-refractivity contribution is 5.81. The molecule has 5 heteroatoms. The molecule has 0 radical (unpaired) electrons. The van der Waals surface area contributed by atoms with Gasteiger partial charge in [0, 0.05) is 11.5 Å². The third-order valence-corrected chi connectivity index (χ3v) is 5.70. The Morgan fingerprint density at radius 3 is 2.30 bits per heavy atom. The van der Waals surface area contributed by atoms with Crippen LogP contribution < -0.4 is 0 Å². The highest BCUT2D eigenvalue weighted by atomic mass is 19.1. The molecule has 4 nitrogen and oxygen atoms in total. The zero-order valence-corrected chi connectivity index (χ0v) is 16.3. The molecule has 0 unspecified atom stereocenters. The van der Waals surface area contributed by atoms with Crippen molar-refractivity contribution < 1.29 is 14.3 Å². The predicted octanol–water partition coefficient (Wildman–Crippen LogP) is 3.91. The Bertz CT molecular complexity index is 1080. The van der Waals surface area contributed by atoms with Crippen LogP contribution in [0, 0.1) is 17.1 Å². The number of amides is 1. The number of benzene rings is 3. The van der Waals surface area contributed by atoms with E-state index in [0.717, 1.165) is 16.7 Å². The second kappa shape index (κ2) is 8.48. The number of rotatable bonds is 5. The van der Waals surface area contributed by atoms with Crippen molar-refractivity contribution in [1.29, 1.82) is 5.26 Å². The first-order valence-corrected chi connectivity index (χ1v) is 9.84. The molecule has 30 heavy (non-hydrogen) atoms. The number of halogens is 1. The average molecular weight is 400 g/mol. The van der Waals surface area contributed by atoms with Crippen molar-refractivity contribution in [2.75, 3.05) is 6.61 Å². The SMILES string of the molecule is N#C[C@@H]1[C@H](c2ccc(-c3ccccc3F)cc2)[C@H](CO)N1C(=O)Cc1ccccc1. The maximum absolute atomic E-state index is 14.0. The molecule has 0 spiro atoms. The van der Waals surface area contributed by atoms with Gasteiger partial charge >= 0.3 is 0 Å². The van der Waals surface area contributed by atoms with Gasteiger partial charge in [0.15, 0.2) is 0 Å². The highest BCUT2D eigenvalue weighted by Crippen LogP contribution is 2.41. The monoisotopic (exact) mass is 400 g/mol. The molecule has 4 rings (SSSR count). The van der Waals surface area contributed by atoms with E-state index in [1.54, 1.807) is 18.2 Å². The second-order valence-corrected chi connectivity index (χ2v) is 7.41. The minimum atomic E-state index is -0.641. The van der Waals surface area contributed by atoms with Crippen molar-refractivity contribution in [2.24, 2.45) is 0 Å². The Balaban J connectivity index is 1.55. The Hall–Kier alpha value is -3.49. The molecule has 1 fully saturated rings. The lowest BCUT2D eigenvalue weighted by atomic mass is 9.75. The largest absolute Gasteiger partial charge is 0.394 e. The maximum atomic E-state index is 14.0. The number of nitrogens with zero attached hydrogens (tertiary/aromatic N) is 2. The molecule has 0 bridgehead atoms. The van der Waals surface area contributed by atoms with Crippen molar-refractivity contribution in [2.45, 2.75) is 24.4 Å². The van der Waals surface area contributed by atoms with Crippen molar-refractivity contribution in [3.63, 3.8) is 0 Å². The summed E-state index contributed by atoms with van der Waals surface area (Å²) in [5.74, 6) is -0.755. The summed E-state index contributed by atoms with van der Waals surface area (Å²) in [7, 11) is 0. The van der Waals surface area contributed by atoms with E-state index in [1.165, 1.54) is 11.0 Å². The van der Waals surface area contributed by atoms with Gasteiger partial charge in [-0.15, -0.1) is 0 Å². The fourth-order valence-electron chi connectivity index (χ4n) is 4.19. The first-order chi connectivity index (χ1) is 14.6. The lowest BCUT2D eigenvalue weighted by Gasteiger charge is -2.51. The van der Waals surface area contributed by atoms with E-state index in [4.69, 9.17) is 0 Å². The molecule has 3 aromatic rings. The van der Waals surface area contributed by atoms with Gasteiger partial charge in [-0.2, -0.15) is 5.26 Å². The zero-order chi connectivity index (χ0) is 21.1. The highest BCUT2D eigenvalue weighted by Gasteiger charge is 2.51. The van der Waals surface area contributed by atoms with Crippen LogP contribution in [0.1, 0.15) is 17.0 Å². The number of likely N-dealkylation sites (tertiary alicyclic amines) is 1. The fourth-order valence-corrected chi connectivity index (χ4v) is 4.19. The number of hydrogen-bond acceptors (Lipinski definition) is 3. The standard InChI is InChI=1S/C25H21FN2O2/c26-21-9-5-4-8-20(21)18-10-12-19(13-11-18)25-22(15-27)28(23(25)16-29)24(30)14-17-6-2-1-3-7-17/h1-13,22-23,25,29H,14,16H2/t22-,23+,25+/m1/s1. The molecule has 0 saturated carbocycles. The summed E-state index contributed by atoms with van der Waals surface area (Å²) in [5, 5.41) is 19.6. The number of aliphatic hydroxyl groups is 1.